The molecular weight excluding hydrogens is 288 g/mol. The van der Waals surface area contributed by atoms with Gasteiger partial charge in [0.2, 0.25) is 0 Å². The van der Waals surface area contributed by atoms with E-state index in [-0.39, 0.29) is 0 Å². The Hall–Kier alpha value is 0. The van der Waals surface area contributed by atoms with Crippen molar-refractivity contribution >= 4 is 0 Å². The molecule has 0 aliphatic rings. The van der Waals surface area contributed by atoms with Crippen LogP contribution in [0, 0.1) is 11.8 Å². The van der Waals surface area contributed by atoms with Gasteiger partial charge in [0, 0.05) is 0 Å². The fraction of sp³-hybridized carbons (Fsp3) is 1.00. The summed E-state index contributed by atoms with van der Waals surface area (Å²) in [6.07, 6.45) is 26.2. The van der Waals surface area contributed by atoms with Crippen molar-refractivity contribution in [1.82, 2.24) is 0 Å². The summed E-state index contributed by atoms with van der Waals surface area (Å²) in [5, 5.41) is 0. The van der Waals surface area contributed by atoms with E-state index in [1.54, 1.807) is 0 Å². The number of unbranched alkanes of at least 4 members (excludes halogenated alkanes) is 11. The van der Waals surface area contributed by atoms with Crippen LogP contribution < -0.4 is 0 Å². The molecule has 0 spiro atoms. The molecule has 24 heavy (non-hydrogen) atoms. The molecule has 0 nitrogen and oxygen atoms in total. The zero-order valence-corrected chi connectivity index (χ0v) is 17.9. The molecule has 0 saturated heterocycles. The van der Waals surface area contributed by atoms with Gasteiger partial charge in [-0.25, -0.2) is 0 Å². The molecule has 0 aromatic rings. The van der Waals surface area contributed by atoms with Crippen molar-refractivity contribution in [1.29, 1.82) is 0 Å². The van der Waals surface area contributed by atoms with Crippen LogP contribution in [0.1, 0.15) is 143 Å². The maximum atomic E-state index is 2.52. The zero-order valence-electron chi connectivity index (χ0n) is 17.9. The Morgan fingerprint density at radius 1 is 0.458 bits per heavy atom. The quantitative estimate of drug-likeness (QED) is 0.206. The molecular formula is C24H50. The minimum atomic E-state index is 0.957. The standard InChI is InChI=1S/C24H50/c1-5-8-11-13-15-18-21-24(20-16-10-7-3)22-23(4)19-17-14-12-9-6-2/h23-24H,5-22H2,1-4H3. The van der Waals surface area contributed by atoms with Crippen molar-refractivity contribution in [3.05, 3.63) is 0 Å². The van der Waals surface area contributed by atoms with Gasteiger partial charge in [-0.15, -0.1) is 0 Å². The van der Waals surface area contributed by atoms with E-state index in [9.17, 15) is 0 Å². The Bertz CT molecular complexity index is 220. The molecule has 2 unspecified atom stereocenters. The lowest BCUT2D eigenvalue weighted by atomic mass is 9.85. The van der Waals surface area contributed by atoms with Crippen LogP contribution in [0.15, 0.2) is 0 Å². The van der Waals surface area contributed by atoms with Crippen molar-refractivity contribution < 1.29 is 0 Å². The van der Waals surface area contributed by atoms with Gasteiger partial charge in [-0.1, -0.05) is 137 Å². The number of hydrogen-bond donors (Lipinski definition) is 0. The third-order valence-electron chi connectivity index (χ3n) is 5.72. The molecule has 0 rings (SSSR count). The topological polar surface area (TPSA) is 0 Å². The lowest BCUT2D eigenvalue weighted by Gasteiger charge is -2.21. The molecule has 0 amide bonds. The second-order valence-corrected chi connectivity index (χ2v) is 8.46. The van der Waals surface area contributed by atoms with Gasteiger partial charge >= 0.3 is 0 Å². The molecule has 146 valence electrons. The SMILES string of the molecule is CCCCCCCCC(CCCCC)CC(C)CCCCCCC. The van der Waals surface area contributed by atoms with Gasteiger partial charge in [-0.05, 0) is 18.3 Å². The second-order valence-electron chi connectivity index (χ2n) is 8.46. The minimum Gasteiger partial charge on any atom is -0.0654 e. The lowest BCUT2D eigenvalue weighted by molar-refractivity contribution is 0.314. The molecule has 0 aromatic heterocycles. The third kappa shape index (κ3) is 16.8. The van der Waals surface area contributed by atoms with Gasteiger partial charge in [0.05, 0.1) is 0 Å². The van der Waals surface area contributed by atoms with Crippen molar-refractivity contribution in [2.24, 2.45) is 11.8 Å². The molecule has 0 aromatic carbocycles. The summed E-state index contributed by atoms with van der Waals surface area (Å²) in [6.45, 7) is 9.48. The van der Waals surface area contributed by atoms with Gasteiger partial charge in [0.25, 0.3) is 0 Å². The summed E-state index contributed by atoms with van der Waals surface area (Å²) in [5.41, 5.74) is 0. The molecule has 0 saturated carbocycles. The highest BCUT2D eigenvalue weighted by atomic mass is 14.2. The monoisotopic (exact) mass is 338 g/mol. The smallest absolute Gasteiger partial charge is 0.0412 e. The van der Waals surface area contributed by atoms with Crippen molar-refractivity contribution in [2.45, 2.75) is 143 Å². The van der Waals surface area contributed by atoms with Gasteiger partial charge < -0.3 is 0 Å². The highest BCUT2D eigenvalue weighted by Crippen LogP contribution is 2.27. The Balaban J connectivity index is 3.87. The summed E-state index contributed by atoms with van der Waals surface area (Å²) in [4.78, 5) is 0. The highest BCUT2D eigenvalue weighted by Gasteiger charge is 2.13. The Kier molecular flexibility index (Phi) is 19.3. The van der Waals surface area contributed by atoms with Crippen LogP contribution in [-0.4, -0.2) is 0 Å². The molecule has 0 aliphatic carbocycles. The van der Waals surface area contributed by atoms with E-state index in [1.807, 2.05) is 0 Å². The lowest BCUT2D eigenvalue weighted by Crippen LogP contribution is -2.07. The van der Waals surface area contributed by atoms with Crippen molar-refractivity contribution in [3.63, 3.8) is 0 Å². The van der Waals surface area contributed by atoms with Gasteiger partial charge in [-0.2, -0.15) is 0 Å². The summed E-state index contributed by atoms with van der Waals surface area (Å²) in [7, 11) is 0. The maximum absolute atomic E-state index is 2.52. The molecule has 0 radical (unpaired) electrons. The predicted molar refractivity (Wildman–Crippen MR) is 113 cm³/mol. The molecule has 0 heterocycles. The fourth-order valence-electron chi connectivity index (χ4n) is 4.06. The first-order valence-electron chi connectivity index (χ1n) is 11.7. The Labute approximate surface area is 155 Å². The molecule has 0 N–H and O–H groups in total. The summed E-state index contributed by atoms with van der Waals surface area (Å²) < 4.78 is 0. The van der Waals surface area contributed by atoms with Crippen molar-refractivity contribution in [3.8, 4) is 0 Å². The first-order chi connectivity index (χ1) is 11.7. The first-order valence-corrected chi connectivity index (χ1v) is 11.7. The molecule has 0 aliphatic heterocycles. The van der Waals surface area contributed by atoms with Crippen LogP contribution in [0.3, 0.4) is 0 Å². The van der Waals surface area contributed by atoms with E-state index in [1.165, 1.54) is 116 Å². The summed E-state index contributed by atoms with van der Waals surface area (Å²) >= 11 is 0. The summed E-state index contributed by atoms with van der Waals surface area (Å²) in [6, 6.07) is 0. The van der Waals surface area contributed by atoms with E-state index >= 15 is 0 Å². The van der Waals surface area contributed by atoms with Crippen molar-refractivity contribution in [2.75, 3.05) is 0 Å². The molecule has 0 heteroatoms. The minimum absolute atomic E-state index is 0.957. The van der Waals surface area contributed by atoms with E-state index in [2.05, 4.69) is 27.7 Å². The summed E-state index contributed by atoms with van der Waals surface area (Å²) in [5.74, 6) is 1.98. The fourth-order valence-corrected chi connectivity index (χ4v) is 4.06. The molecule has 0 fully saturated rings. The van der Waals surface area contributed by atoms with E-state index in [0.717, 1.165) is 11.8 Å². The first kappa shape index (κ1) is 24.0. The van der Waals surface area contributed by atoms with Crippen LogP contribution in [0.4, 0.5) is 0 Å². The van der Waals surface area contributed by atoms with Crippen LogP contribution in [0.25, 0.3) is 0 Å². The van der Waals surface area contributed by atoms with Gasteiger partial charge in [0.15, 0.2) is 0 Å². The number of rotatable bonds is 19. The maximum Gasteiger partial charge on any atom is -0.0412 e. The van der Waals surface area contributed by atoms with Crippen LogP contribution in [0.2, 0.25) is 0 Å². The Morgan fingerprint density at radius 2 is 0.833 bits per heavy atom. The average Bonchev–Trinajstić information content (AvgIpc) is 2.57. The predicted octanol–water partition coefficient (Wildman–Crippen LogP) is 9.32. The van der Waals surface area contributed by atoms with E-state index < -0.39 is 0 Å². The third-order valence-corrected chi connectivity index (χ3v) is 5.72. The average molecular weight is 339 g/mol. The number of hydrogen-bond acceptors (Lipinski definition) is 0. The van der Waals surface area contributed by atoms with E-state index in [4.69, 9.17) is 0 Å². The largest absolute Gasteiger partial charge is 0.0654 e. The zero-order chi connectivity index (χ0) is 17.9. The normalized spacial score (nSPS) is 14.0. The van der Waals surface area contributed by atoms with Crippen LogP contribution in [0.5, 0.6) is 0 Å². The van der Waals surface area contributed by atoms with Crippen LogP contribution in [-0.2, 0) is 0 Å². The second kappa shape index (κ2) is 19.3. The van der Waals surface area contributed by atoms with Crippen LogP contribution >= 0.6 is 0 Å². The Morgan fingerprint density at radius 3 is 1.38 bits per heavy atom. The van der Waals surface area contributed by atoms with Gasteiger partial charge in [-0.3, -0.25) is 0 Å². The van der Waals surface area contributed by atoms with E-state index in [0.29, 0.717) is 0 Å². The molecule has 2 atom stereocenters. The highest BCUT2D eigenvalue weighted by molar-refractivity contribution is 4.65. The van der Waals surface area contributed by atoms with Gasteiger partial charge in [0.1, 0.15) is 0 Å². The molecule has 0 bridgehead atoms.